The zero-order chi connectivity index (χ0) is 21.1. The predicted molar refractivity (Wildman–Crippen MR) is 119 cm³/mol. The van der Waals surface area contributed by atoms with Crippen LogP contribution in [0.1, 0.15) is 55.2 Å². The Bertz CT molecular complexity index is 939. The average Bonchev–Trinajstić information content (AvgIpc) is 2.91. The number of hydrogen-bond acceptors (Lipinski definition) is 3. The highest BCUT2D eigenvalue weighted by Gasteiger charge is 2.44. The fraction of sp³-hybridized carbons (Fsp3) is 0.385. The average molecular weight is 403 g/mol. The van der Waals surface area contributed by atoms with Crippen molar-refractivity contribution in [3.8, 4) is 0 Å². The molecule has 1 aliphatic carbocycles. The van der Waals surface area contributed by atoms with E-state index in [4.69, 9.17) is 0 Å². The molecule has 0 unspecified atom stereocenters. The van der Waals surface area contributed by atoms with Crippen molar-refractivity contribution >= 4 is 17.4 Å². The van der Waals surface area contributed by atoms with Crippen LogP contribution in [0, 0.1) is 6.92 Å². The van der Waals surface area contributed by atoms with Crippen molar-refractivity contribution in [2.24, 2.45) is 0 Å². The van der Waals surface area contributed by atoms with Crippen molar-refractivity contribution in [3.63, 3.8) is 0 Å². The molecule has 0 aromatic heterocycles. The molecular formula is C26H30N2O2. The van der Waals surface area contributed by atoms with E-state index in [-0.39, 0.29) is 17.9 Å². The fourth-order valence-corrected chi connectivity index (χ4v) is 4.65. The second-order valence-electron chi connectivity index (χ2n) is 8.56. The zero-order valence-corrected chi connectivity index (χ0v) is 17.9. The molecular weight excluding hydrogens is 372 g/mol. The van der Waals surface area contributed by atoms with Gasteiger partial charge in [-0.05, 0) is 30.9 Å². The Balaban J connectivity index is 1.72. The summed E-state index contributed by atoms with van der Waals surface area (Å²) in [4.78, 5) is 30.7. The quantitative estimate of drug-likeness (QED) is 0.526. The number of benzene rings is 2. The van der Waals surface area contributed by atoms with Crippen molar-refractivity contribution in [2.45, 2.75) is 58.0 Å². The van der Waals surface area contributed by atoms with E-state index in [9.17, 15) is 9.59 Å². The molecule has 156 valence electrons. The summed E-state index contributed by atoms with van der Waals surface area (Å²) >= 11 is 0. The maximum absolute atomic E-state index is 13.6. The summed E-state index contributed by atoms with van der Waals surface area (Å²) in [6.45, 7) is 2.61. The zero-order valence-electron chi connectivity index (χ0n) is 17.9. The van der Waals surface area contributed by atoms with Crippen LogP contribution in [0.2, 0.25) is 0 Å². The van der Waals surface area contributed by atoms with Gasteiger partial charge in [0.25, 0.3) is 11.8 Å². The van der Waals surface area contributed by atoms with Crippen molar-refractivity contribution in [1.29, 1.82) is 0 Å². The Hall–Kier alpha value is -2.88. The first-order valence-electron chi connectivity index (χ1n) is 11.0. The summed E-state index contributed by atoms with van der Waals surface area (Å²) in [6, 6.07) is 18.0. The van der Waals surface area contributed by atoms with E-state index in [2.05, 4.69) is 0 Å². The van der Waals surface area contributed by atoms with E-state index in [0.717, 1.165) is 42.4 Å². The molecule has 0 saturated heterocycles. The normalized spacial score (nSPS) is 18.1. The van der Waals surface area contributed by atoms with E-state index in [0.29, 0.717) is 17.8 Å². The molecule has 0 N–H and O–H groups in total. The maximum atomic E-state index is 13.6. The molecule has 1 saturated carbocycles. The van der Waals surface area contributed by atoms with Gasteiger partial charge in [0, 0.05) is 19.6 Å². The lowest BCUT2D eigenvalue weighted by Crippen LogP contribution is -2.42. The molecule has 2 aliphatic rings. The molecule has 0 radical (unpaired) electrons. The topological polar surface area (TPSA) is 40.6 Å². The third-order valence-electron chi connectivity index (χ3n) is 6.27. The Morgan fingerprint density at radius 3 is 2.13 bits per heavy atom. The first-order chi connectivity index (χ1) is 14.6. The minimum absolute atomic E-state index is 0.00979. The number of carbonyl (C=O) groups excluding carboxylic acids is 2. The summed E-state index contributed by atoms with van der Waals surface area (Å²) < 4.78 is 0. The second kappa shape index (κ2) is 8.86. The number of carbonyl (C=O) groups is 2. The molecule has 30 heavy (non-hydrogen) atoms. The highest BCUT2D eigenvalue weighted by molar-refractivity contribution is 6.35. The smallest absolute Gasteiger partial charge is 0.278 e. The molecule has 2 amide bonds. The van der Waals surface area contributed by atoms with E-state index < -0.39 is 0 Å². The number of likely N-dealkylation sites (N-methyl/N-ethyl adjacent to an activating group) is 1. The molecule has 4 nitrogen and oxygen atoms in total. The summed E-state index contributed by atoms with van der Waals surface area (Å²) in [7, 11) is 1.91. The summed E-state index contributed by atoms with van der Waals surface area (Å²) in [5.74, 6) is -0.272. The van der Waals surface area contributed by atoms with Gasteiger partial charge >= 0.3 is 0 Å². The van der Waals surface area contributed by atoms with Gasteiger partial charge in [0.2, 0.25) is 0 Å². The maximum Gasteiger partial charge on any atom is 0.278 e. The van der Waals surface area contributed by atoms with Crippen LogP contribution in [-0.2, 0) is 16.1 Å². The Morgan fingerprint density at radius 1 is 0.867 bits per heavy atom. The summed E-state index contributed by atoms with van der Waals surface area (Å²) in [5.41, 5.74) is 4.14. The summed E-state index contributed by atoms with van der Waals surface area (Å²) in [6.07, 6.45) is 6.35. The lowest BCUT2D eigenvalue weighted by atomic mass is 10.0. The molecule has 1 fully saturated rings. The molecule has 0 atom stereocenters. The van der Waals surface area contributed by atoms with Gasteiger partial charge < -0.3 is 4.90 Å². The minimum atomic E-state index is -0.138. The number of hydrogen-bond donors (Lipinski definition) is 0. The predicted octanol–water partition coefficient (Wildman–Crippen LogP) is 4.93. The third-order valence-corrected chi connectivity index (χ3v) is 6.27. The monoisotopic (exact) mass is 402 g/mol. The van der Waals surface area contributed by atoms with Crippen LogP contribution >= 0.6 is 0 Å². The first-order valence-corrected chi connectivity index (χ1v) is 11.0. The van der Waals surface area contributed by atoms with Gasteiger partial charge in [0.05, 0.1) is 5.57 Å². The van der Waals surface area contributed by atoms with Crippen molar-refractivity contribution < 1.29 is 9.59 Å². The molecule has 2 aromatic carbocycles. The Morgan fingerprint density at radius 2 is 1.50 bits per heavy atom. The van der Waals surface area contributed by atoms with Crippen LogP contribution in [0.4, 0.5) is 0 Å². The molecule has 4 heteroatoms. The van der Waals surface area contributed by atoms with Crippen molar-refractivity contribution in [3.05, 3.63) is 77.0 Å². The Labute approximate surface area is 179 Å². The SMILES string of the molecule is Cc1ccc(C2=C(N(C)Cc3ccccc3)C(=O)N(C3CCCCCC3)C2=O)cc1. The molecule has 1 heterocycles. The Kier molecular flexibility index (Phi) is 6.03. The van der Waals surface area contributed by atoms with E-state index >= 15 is 0 Å². The molecule has 0 spiro atoms. The second-order valence-corrected chi connectivity index (χ2v) is 8.56. The van der Waals surface area contributed by atoms with Gasteiger partial charge in [-0.2, -0.15) is 0 Å². The van der Waals surface area contributed by atoms with Crippen LogP contribution in [-0.4, -0.2) is 34.7 Å². The van der Waals surface area contributed by atoms with Gasteiger partial charge in [0.15, 0.2) is 0 Å². The number of nitrogens with zero attached hydrogens (tertiary/aromatic N) is 2. The number of rotatable bonds is 5. The van der Waals surface area contributed by atoms with E-state index in [1.165, 1.54) is 12.8 Å². The van der Waals surface area contributed by atoms with Crippen LogP contribution in [0.5, 0.6) is 0 Å². The van der Waals surface area contributed by atoms with Gasteiger partial charge in [-0.1, -0.05) is 85.8 Å². The molecule has 0 bridgehead atoms. The molecule has 2 aromatic rings. The van der Waals surface area contributed by atoms with Gasteiger partial charge in [-0.3, -0.25) is 14.5 Å². The fourth-order valence-electron chi connectivity index (χ4n) is 4.65. The standard InChI is InChI=1S/C26H30N2O2/c1-19-14-16-21(17-15-19)23-24(27(2)18-20-10-6-5-7-11-20)26(30)28(25(23)29)22-12-8-3-4-9-13-22/h5-7,10-11,14-17,22H,3-4,8-9,12-13,18H2,1-2H3. The van der Waals surface area contributed by atoms with Crippen LogP contribution in [0.25, 0.3) is 5.57 Å². The van der Waals surface area contributed by atoms with E-state index in [1.54, 1.807) is 4.90 Å². The third kappa shape index (κ3) is 4.04. The minimum Gasteiger partial charge on any atom is -0.365 e. The number of imide groups is 1. The molecule has 1 aliphatic heterocycles. The van der Waals surface area contributed by atoms with Crippen molar-refractivity contribution in [1.82, 2.24) is 9.80 Å². The van der Waals surface area contributed by atoms with Gasteiger partial charge in [-0.25, -0.2) is 0 Å². The van der Waals surface area contributed by atoms with Gasteiger partial charge in [-0.15, -0.1) is 0 Å². The summed E-state index contributed by atoms with van der Waals surface area (Å²) in [5, 5.41) is 0. The number of aryl methyl sites for hydroxylation is 1. The van der Waals surface area contributed by atoms with Crippen LogP contribution in [0.3, 0.4) is 0 Å². The lowest BCUT2D eigenvalue weighted by molar-refractivity contribution is -0.140. The number of amides is 2. The first kappa shape index (κ1) is 20.4. The highest BCUT2D eigenvalue weighted by atomic mass is 16.2. The highest BCUT2D eigenvalue weighted by Crippen LogP contribution is 2.35. The van der Waals surface area contributed by atoms with Crippen LogP contribution in [0.15, 0.2) is 60.3 Å². The van der Waals surface area contributed by atoms with Gasteiger partial charge in [0.1, 0.15) is 5.70 Å². The van der Waals surface area contributed by atoms with Crippen LogP contribution < -0.4 is 0 Å². The van der Waals surface area contributed by atoms with Crippen molar-refractivity contribution in [2.75, 3.05) is 7.05 Å². The largest absolute Gasteiger partial charge is 0.365 e. The lowest BCUT2D eigenvalue weighted by Gasteiger charge is -2.27. The molecule has 4 rings (SSSR count). The van der Waals surface area contributed by atoms with E-state index in [1.807, 2.05) is 73.5 Å².